The highest BCUT2D eigenvalue weighted by atomic mass is 19.4. The first-order chi connectivity index (χ1) is 13.2. The molecule has 2 aliphatic carbocycles. The van der Waals surface area contributed by atoms with Gasteiger partial charge in [-0.2, -0.15) is 13.2 Å². The number of nitrogens with zero attached hydrogens (tertiary/aromatic N) is 1. The van der Waals surface area contributed by atoms with E-state index >= 15 is 4.39 Å². The third-order valence-corrected chi connectivity index (χ3v) is 6.01. The number of rotatable bonds is 7. The van der Waals surface area contributed by atoms with Crippen LogP contribution in [0.2, 0.25) is 0 Å². The second kappa shape index (κ2) is 7.00. The average molecular weight is 405 g/mol. The number of oxime groups is 1. The number of halogens is 5. The molecule has 2 aliphatic rings. The van der Waals surface area contributed by atoms with Crippen molar-refractivity contribution in [2.24, 2.45) is 16.0 Å². The highest BCUT2D eigenvalue weighted by Crippen LogP contribution is 2.80. The standard InChI is InChI=1S/C19H20F5NO3/c20-11-17(19(22,23)24)16(15(26)27,10-13-6-2-1-3-7-13)18(17,21)12-25-28-14-8-4-5-9-14/h1-3,6-7,12,14H,4-5,8-11H2,(H,26,27). The summed E-state index contributed by atoms with van der Waals surface area (Å²) >= 11 is 0. The van der Waals surface area contributed by atoms with Crippen molar-refractivity contribution >= 4 is 12.2 Å². The van der Waals surface area contributed by atoms with Gasteiger partial charge >= 0.3 is 12.1 Å². The topological polar surface area (TPSA) is 58.9 Å². The lowest BCUT2D eigenvalue weighted by atomic mass is 9.86. The SMILES string of the molecule is O=C(O)C1(Cc2ccccc2)C(F)(C=NOC2CCCC2)C1(CF)C(F)(F)F. The average Bonchev–Trinajstić information content (AvgIpc) is 2.92. The van der Waals surface area contributed by atoms with Crippen LogP contribution in [0.15, 0.2) is 35.5 Å². The van der Waals surface area contributed by atoms with Crippen molar-refractivity contribution in [3.05, 3.63) is 35.9 Å². The minimum Gasteiger partial charge on any atom is -0.481 e. The number of carbonyl (C=O) groups is 1. The number of benzene rings is 1. The molecule has 3 atom stereocenters. The molecule has 0 heterocycles. The molecule has 1 aromatic carbocycles. The fourth-order valence-corrected chi connectivity index (χ4v) is 4.41. The Morgan fingerprint density at radius 1 is 1.25 bits per heavy atom. The van der Waals surface area contributed by atoms with Crippen molar-refractivity contribution in [2.75, 3.05) is 6.67 Å². The third-order valence-electron chi connectivity index (χ3n) is 6.01. The van der Waals surface area contributed by atoms with Crippen LogP contribution in [0.3, 0.4) is 0 Å². The zero-order valence-electron chi connectivity index (χ0n) is 14.9. The Hall–Kier alpha value is -2.19. The summed E-state index contributed by atoms with van der Waals surface area (Å²) in [4.78, 5) is 17.0. The third kappa shape index (κ3) is 2.69. The summed E-state index contributed by atoms with van der Waals surface area (Å²) in [5.41, 5.74) is -10.2. The molecule has 2 saturated carbocycles. The molecule has 28 heavy (non-hydrogen) atoms. The molecule has 0 spiro atoms. The molecule has 2 fully saturated rings. The normalized spacial score (nSPS) is 33.3. The number of carboxylic acids is 1. The predicted molar refractivity (Wildman–Crippen MR) is 90.3 cm³/mol. The smallest absolute Gasteiger partial charge is 0.401 e. The van der Waals surface area contributed by atoms with Gasteiger partial charge in [0.1, 0.15) is 18.2 Å². The van der Waals surface area contributed by atoms with Crippen LogP contribution in [-0.2, 0) is 16.1 Å². The summed E-state index contributed by atoms with van der Waals surface area (Å²) in [7, 11) is 0. The Morgan fingerprint density at radius 3 is 2.36 bits per heavy atom. The highest BCUT2D eigenvalue weighted by molar-refractivity contribution is 5.96. The van der Waals surface area contributed by atoms with Gasteiger partial charge in [0, 0.05) is 0 Å². The van der Waals surface area contributed by atoms with E-state index in [1.165, 1.54) is 24.3 Å². The number of hydrogen-bond donors (Lipinski definition) is 1. The van der Waals surface area contributed by atoms with Crippen molar-refractivity contribution in [1.29, 1.82) is 0 Å². The molecule has 0 aromatic heterocycles. The molecule has 9 heteroatoms. The van der Waals surface area contributed by atoms with E-state index in [-0.39, 0.29) is 17.9 Å². The van der Waals surface area contributed by atoms with Gasteiger partial charge in [-0.3, -0.25) is 4.79 Å². The number of hydrogen-bond acceptors (Lipinski definition) is 3. The lowest BCUT2D eigenvalue weighted by Crippen LogP contribution is -2.38. The monoisotopic (exact) mass is 405 g/mol. The molecule has 0 amide bonds. The van der Waals surface area contributed by atoms with Gasteiger partial charge in [-0.25, -0.2) is 8.78 Å². The van der Waals surface area contributed by atoms with E-state index in [2.05, 4.69) is 5.16 Å². The lowest BCUT2D eigenvalue weighted by molar-refractivity contribution is -0.212. The predicted octanol–water partition coefficient (Wildman–Crippen LogP) is 4.49. The first-order valence-corrected chi connectivity index (χ1v) is 8.95. The van der Waals surface area contributed by atoms with Gasteiger partial charge in [0.25, 0.3) is 0 Å². The molecule has 3 rings (SSSR count). The lowest BCUT2D eigenvalue weighted by Gasteiger charge is -2.21. The molecule has 0 saturated heterocycles. The van der Waals surface area contributed by atoms with Gasteiger partial charge in [0.05, 0.1) is 6.21 Å². The summed E-state index contributed by atoms with van der Waals surface area (Å²) in [6.45, 7) is -2.22. The summed E-state index contributed by atoms with van der Waals surface area (Å²) in [6.07, 6.45) is -3.48. The van der Waals surface area contributed by atoms with E-state index in [9.17, 15) is 27.5 Å². The minimum absolute atomic E-state index is 0.150. The summed E-state index contributed by atoms with van der Waals surface area (Å²) < 4.78 is 71.0. The van der Waals surface area contributed by atoms with Crippen molar-refractivity contribution in [2.45, 2.75) is 50.1 Å². The maximum absolute atomic E-state index is 15.7. The maximum atomic E-state index is 15.7. The van der Waals surface area contributed by atoms with Gasteiger partial charge in [0.2, 0.25) is 0 Å². The van der Waals surface area contributed by atoms with Crippen LogP contribution in [0.25, 0.3) is 0 Å². The second-order valence-corrected chi connectivity index (χ2v) is 7.37. The number of aliphatic carboxylic acids is 1. The molecular formula is C19H20F5NO3. The van der Waals surface area contributed by atoms with E-state index in [4.69, 9.17) is 4.84 Å². The molecule has 0 radical (unpaired) electrons. The Morgan fingerprint density at radius 2 is 1.86 bits per heavy atom. The van der Waals surface area contributed by atoms with Crippen LogP contribution in [-0.4, -0.2) is 41.9 Å². The van der Waals surface area contributed by atoms with Gasteiger partial charge < -0.3 is 9.94 Å². The molecule has 0 aliphatic heterocycles. The minimum atomic E-state index is -5.44. The molecule has 3 unspecified atom stereocenters. The van der Waals surface area contributed by atoms with Crippen LogP contribution in [0.4, 0.5) is 22.0 Å². The van der Waals surface area contributed by atoms with Gasteiger partial charge in [-0.05, 0) is 37.7 Å². The van der Waals surface area contributed by atoms with Crippen molar-refractivity contribution in [3.63, 3.8) is 0 Å². The van der Waals surface area contributed by atoms with Gasteiger partial charge in [0.15, 0.2) is 11.1 Å². The quantitative estimate of drug-likeness (QED) is 0.413. The van der Waals surface area contributed by atoms with E-state index in [1.807, 2.05) is 0 Å². The van der Waals surface area contributed by atoms with Crippen LogP contribution in [0.1, 0.15) is 31.2 Å². The van der Waals surface area contributed by atoms with Crippen molar-refractivity contribution in [1.82, 2.24) is 0 Å². The van der Waals surface area contributed by atoms with Crippen LogP contribution >= 0.6 is 0 Å². The van der Waals surface area contributed by atoms with E-state index in [1.54, 1.807) is 6.07 Å². The first kappa shape index (κ1) is 20.5. The molecule has 154 valence electrons. The maximum Gasteiger partial charge on any atom is 0.401 e. The zero-order valence-corrected chi connectivity index (χ0v) is 14.9. The summed E-state index contributed by atoms with van der Waals surface area (Å²) in [6, 6.07) is 7.28. The molecule has 4 nitrogen and oxygen atoms in total. The second-order valence-electron chi connectivity index (χ2n) is 7.37. The Balaban J connectivity index is 2.02. The summed E-state index contributed by atoms with van der Waals surface area (Å²) in [5.74, 6) is -2.07. The first-order valence-electron chi connectivity index (χ1n) is 8.95. The Bertz CT molecular complexity index is 750. The Kier molecular flexibility index (Phi) is 5.14. The van der Waals surface area contributed by atoms with Crippen molar-refractivity contribution < 1.29 is 36.7 Å². The fraction of sp³-hybridized carbons (Fsp3) is 0.579. The van der Waals surface area contributed by atoms with Crippen LogP contribution < -0.4 is 0 Å². The van der Waals surface area contributed by atoms with E-state index in [0.717, 1.165) is 12.8 Å². The number of alkyl halides is 5. The van der Waals surface area contributed by atoms with Gasteiger partial charge in [-0.1, -0.05) is 35.5 Å². The van der Waals surface area contributed by atoms with Crippen molar-refractivity contribution in [3.8, 4) is 0 Å². The van der Waals surface area contributed by atoms with Crippen LogP contribution in [0.5, 0.6) is 0 Å². The Labute approximate surface area is 158 Å². The highest BCUT2D eigenvalue weighted by Gasteiger charge is 3.00. The molecule has 0 bridgehead atoms. The molecule has 1 aromatic rings. The van der Waals surface area contributed by atoms with Crippen LogP contribution in [0, 0.1) is 10.8 Å². The zero-order chi connectivity index (χ0) is 20.6. The fourth-order valence-electron chi connectivity index (χ4n) is 4.41. The van der Waals surface area contributed by atoms with E-state index < -0.39 is 41.7 Å². The summed E-state index contributed by atoms with van der Waals surface area (Å²) in [5, 5.41) is 13.0. The largest absolute Gasteiger partial charge is 0.481 e. The molecule has 1 N–H and O–H groups in total. The number of carboxylic acid groups (broad SMARTS) is 1. The van der Waals surface area contributed by atoms with E-state index in [0.29, 0.717) is 12.8 Å². The van der Waals surface area contributed by atoms with Gasteiger partial charge in [-0.15, -0.1) is 0 Å². The molecular weight excluding hydrogens is 385 g/mol.